The molecule has 0 aromatic carbocycles. The Morgan fingerprint density at radius 2 is 2.19 bits per heavy atom. The molecule has 0 bridgehead atoms. The zero-order valence-corrected chi connectivity index (χ0v) is 10.6. The van der Waals surface area contributed by atoms with Gasteiger partial charge in [0.15, 0.2) is 0 Å². The fourth-order valence-electron chi connectivity index (χ4n) is 1.98. The molecule has 1 heterocycles. The molecule has 1 unspecified atom stereocenters. The molecule has 1 N–H and O–H groups in total. The van der Waals surface area contributed by atoms with Crippen molar-refractivity contribution in [3.05, 3.63) is 12.2 Å². The van der Waals surface area contributed by atoms with Crippen LogP contribution in [-0.2, 0) is 4.79 Å². The van der Waals surface area contributed by atoms with Gasteiger partial charge in [-0.1, -0.05) is 32.9 Å². The molecule has 16 heavy (non-hydrogen) atoms. The molecule has 1 fully saturated rings. The van der Waals surface area contributed by atoms with Crippen LogP contribution < -0.4 is 0 Å². The van der Waals surface area contributed by atoms with Gasteiger partial charge in [-0.05, 0) is 24.8 Å². The maximum atomic E-state index is 10.9. The summed E-state index contributed by atoms with van der Waals surface area (Å²) in [7, 11) is 0. The van der Waals surface area contributed by atoms with Crippen LogP contribution in [0.3, 0.4) is 0 Å². The molecule has 0 aromatic rings. The number of likely N-dealkylation sites (tertiary alicyclic amines) is 1. The molecule has 0 aliphatic carbocycles. The summed E-state index contributed by atoms with van der Waals surface area (Å²) in [6, 6.07) is 0. The summed E-state index contributed by atoms with van der Waals surface area (Å²) in [5.74, 6) is -0.818. The summed E-state index contributed by atoms with van der Waals surface area (Å²) in [5, 5.41) is 8.97. The number of piperidine rings is 1. The van der Waals surface area contributed by atoms with E-state index in [0.717, 1.165) is 25.9 Å². The Hall–Kier alpha value is -0.830. The van der Waals surface area contributed by atoms with E-state index in [2.05, 4.69) is 37.8 Å². The highest BCUT2D eigenvalue weighted by Gasteiger charge is 2.24. The van der Waals surface area contributed by atoms with Gasteiger partial charge in [0.1, 0.15) is 0 Å². The normalized spacial score (nSPS) is 23.8. The molecule has 0 spiro atoms. The number of rotatable bonds is 3. The second-order valence-corrected chi connectivity index (χ2v) is 5.71. The van der Waals surface area contributed by atoms with Crippen LogP contribution >= 0.6 is 0 Å². The molecule has 1 aliphatic rings. The predicted molar refractivity (Wildman–Crippen MR) is 65.4 cm³/mol. The zero-order chi connectivity index (χ0) is 12.2. The fourth-order valence-corrected chi connectivity index (χ4v) is 1.98. The average molecular weight is 225 g/mol. The molecule has 1 saturated heterocycles. The second-order valence-electron chi connectivity index (χ2n) is 5.71. The third-order valence-electron chi connectivity index (χ3n) is 2.84. The predicted octanol–water partition coefficient (Wildman–Crippen LogP) is 2.39. The lowest BCUT2D eigenvalue weighted by Gasteiger charge is -2.29. The number of carboxylic acid groups (broad SMARTS) is 1. The largest absolute Gasteiger partial charge is 0.481 e. The summed E-state index contributed by atoms with van der Waals surface area (Å²) < 4.78 is 0. The van der Waals surface area contributed by atoms with E-state index in [-0.39, 0.29) is 11.3 Å². The summed E-state index contributed by atoms with van der Waals surface area (Å²) in [4.78, 5) is 13.1. The Balaban J connectivity index is 2.38. The van der Waals surface area contributed by atoms with Crippen molar-refractivity contribution in [2.45, 2.75) is 33.6 Å². The molecule has 0 saturated carbocycles. The summed E-state index contributed by atoms with van der Waals surface area (Å²) in [5.41, 5.74) is 0.210. The van der Waals surface area contributed by atoms with E-state index < -0.39 is 5.97 Å². The lowest BCUT2D eigenvalue weighted by Crippen LogP contribution is -2.38. The van der Waals surface area contributed by atoms with E-state index in [4.69, 9.17) is 5.11 Å². The van der Waals surface area contributed by atoms with Crippen LogP contribution in [0.25, 0.3) is 0 Å². The van der Waals surface area contributed by atoms with Gasteiger partial charge < -0.3 is 5.11 Å². The van der Waals surface area contributed by atoms with Crippen LogP contribution in [0, 0.1) is 11.3 Å². The van der Waals surface area contributed by atoms with Crippen molar-refractivity contribution in [2.24, 2.45) is 11.3 Å². The van der Waals surface area contributed by atoms with Crippen molar-refractivity contribution in [1.29, 1.82) is 0 Å². The van der Waals surface area contributed by atoms with E-state index in [0.29, 0.717) is 6.54 Å². The van der Waals surface area contributed by atoms with Crippen LogP contribution in [0.5, 0.6) is 0 Å². The van der Waals surface area contributed by atoms with E-state index in [1.165, 1.54) is 0 Å². The Morgan fingerprint density at radius 1 is 1.50 bits per heavy atom. The van der Waals surface area contributed by atoms with Crippen LogP contribution in [0.4, 0.5) is 0 Å². The van der Waals surface area contributed by atoms with Crippen LogP contribution in [0.1, 0.15) is 33.6 Å². The molecular formula is C13H23NO2. The Morgan fingerprint density at radius 3 is 2.75 bits per heavy atom. The van der Waals surface area contributed by atoms with Crippen molar-refractivity contribution in [1.82, 2.24) is 4.90 Å². The van der Waals surface area contributed by atoms with Crippen molar-refractivity contribution in [3.8, 4) is 0 Å². The molecule has 0 amide bonds. The highest BCUT2D eigenvalue weighted by atomic mass is 16.4. The smallest absolute Gasteiger partial charge is 0.307 e. The minimum atomic E-state index is -0.649. The monoisotopic (exact) mass is 225 g/mol. The summed E-state index contributed by atoms with van der Waals surface area (Å²) in [6.07, 6.45) is 6.18. The van der Waals surface area contributed by atoms with Gasteiger partial charge in [-0.3, -0.25) is 9.69 Å². The standard InChI is InChI=1S/C13H23NO2/c1-13(2,3)7-5-9-14-8-4-6-11(10-14)12(15)16/h5,7,11H,4,6,8-10H2,1-3H3,(H,15,16)/b7-5+. The highest BCUT2D eigenvalue weighted by Crippen LogP contribution is 2.18. The van der Waals surface area contributed by atoms with Gasteiger partial charge >= 0.3 is 5.97 Å². The molecule has 92 valence electrons. The Labute approximate surface area is 98.1 Å². The van der Waals surface area contributed by atoms with Gasteiger partial charge in [-0.15, -0.1) is 0 Å². The fraction of sp³-hybridized carbons (Fsp3) is 0.769. The zero-order valence-electron chi connectivity index (χ0n) is 10.6. The van der Waals surface area contributed by atoms with E-state index in [1.54, 1.807) is 0 Å². The maximum absolute atomic E-state index is 10.9. The third-order valence-corrected chi connectivity index (χ3v) is 2.84. The van der Waals surface area contributed by atoms with Crippen molar-refractivity contribution in [2.75, 3.05) is 19.6 Å². The summed E-state index contributed by atoms with van der Waals surface area (Å²) in [6.45, 7) is 9.10. The van der Waals surface area contributed by atoms with Crippen LogP contribution in [0.15, 0.2) is 12.2 Å². The third kappa shape index (κ3) is 4.79. The van der Waals surface area contributed by atoms with Gasteiger partial charge in [0.2, 0.25) is 0 Å². The number of nitrogens with zero attached hydrogens (tertiary/aromatic N) is 1. The number of aliphatic carboxylic acids is 1. The Bertz CT molecular complexity index is 266. The Kier molecular flexibility index (Phi) is 4.54. The van der Waals surface area contributed by atoms with Gasteiger partial charge in [0.05, 0.1) is 5.92 Å². The van der Waals surface area contributed by atoms with Crippen molar-refractivity contribution < 1.29 is 9.90 Å². The molecular weight excluding hydrogens is 202 g/mol. The van der Waals surface area contributed by atoms with Crippen molar-refractivity contribution >= 4 is 5.97 Å². The van der Waals surface area contributed by atoms with E-state index >= 15 is 0 Å². The first-order valence-electron chi connectivity index (χ1n) is 6.01. The SMILES string of the molecule is CC(C)(C)/C=C/CN1CCCC(C(=O)O)C1. The molecule has 1 atom stereocenters. The molecule has 0 radical (unpaired) electrons. The molecule has 0 aromatic heterocycles. The average Bonchev–Trinajstić information content (AvgIpc) is 2.16. The molecule has 1 rings (SSSR count). The lowest BCUT2D eigenvalue weighted by atomic mass is 9.95. The lowest BCUT2D eigenvalue weighted by molar-refractivity contribution is -0.143. The number of carbonyl (C=O) groups is 1. The van der Waals surface area contributed by atoms with Crippen LogP contribution in [-0.4, -0.2) is 35.6 Å². The first-order chi connectivity index (χ1) is 7.38. The number of hydrogen-bond acceptors (Lipinski definition) is 2. The number of hydrogen-bond donors (Lipinski definition) is 1. The van der Waals surface area contributed by atoms with E-state index in [9.17, 15) is 4.79 Å². The summed E-state index contributed by atoms with van der Waals surface area (Å²) >= 11 is 0. The molecule has 3 nitrogen and oxygen atoms in total. The minimum absolute atomic E-state index is 0.170. The van der Waals surface area contributed by atoms with Gasteiger partial charge in [-0.2, -0.15) is 0 Å². The van der Waals surface area contributed by atoms with Gasteiger partial charge in [0.25, 0.3) is 0 Å². The highest BCUT2D eigenvalue weighted by molar-refractivity contribution is 5.70. The number of allylic oxidation sites excluding steroid dienone is 1. The molecule has 1 aliphatic heterocycles. The molecule has 3 heteroatoms. The van der Waals surface area contributed by atoms with Gasteiger partial charge in [-0.25, -0.2) is 0 Å². The first kappa shape index (κ1) is 13.2. The topological polar surface area (TPSA) is 40.5 Å². The second kappa shape index (κ2) is 5.48. The van der Waals surface area contributed by atoms with Crippen LogP contribution in [0.2, 0.25) is 0 Å². The van der Waals surface area contributed by atoms with E-state index in [1.807, 2.05) is 0 Å². The van der Waals surface area contributed by atoms with Crippen molar-refractivity contribution in [3.63, 3.8) is 0 Å². The maximum Gasteiger partial charge on any atom is 0.307 e. The minimum Gasteiger partial charge on any atom is -0.481 e. The quantitative estimate of drug-likeness (QED) is 0.750. The first-order valence-corrected chi connectivity index (χ1v) is 6.01. The van der Waals surface area contributed by atoms with Gasteiger partial charge in [0, 0.05) is 13.1 Å². The number of carboxylic acids is 1.